The van der Waals surface area contributed by atoms with E-state index >= 15 is 0 Å². The molecule has 0 aliphatic heterocycles. The Labute approximate surface area is 109 Å². The molecule has 94 valence electrons. The van der Waals surface area contributed by atoms with Gasteiger partial charge in [-0.2, -0.15) is 0 Å². The third-order valence-electron chi connectivity index (χ3n) is 3.18. The minimum Gasteiger partial charge on any atom is -0.355 e. The number of fused-ring (bicyclic) bond motifs is 1. The van der Waals surface area contributed by atoms with Gasteiger partial charge in [0.2, 0.25) is 0 Å². The lowest BCUT2D eigenvalue weighted by Gasteiger charge is -1.97. The monoisotopic (exact) mass is 252 g/mol. The Bertz CT molecular complexity index is 757. The van der Waals surface area contributed by atoms with Gasteiger partial charge < -0.3 is 4.98 Å². The summed E-state index contributed by atoms with van der Waals surface area (Å²) in [7, 11) is 0. The Morgan fingerprint density at radius 2 is 1.79 bits per heavy atom. The number of aromatic amines is 1. The van der Waals surface area contributed by atoms with Crippen LogP contribution in [0.25, 0.3) is 22.2 Å². The molecule has 4 nitrogen and oxygen atoms in total. The van der Waals surface area contributed by atoms with Gasteiger partial charge in [-0.15, -0.1) is 0 Å². The molecule has 0 saturated carbocycles. The van der Waals surface area contributed by atoms with Crippen molar-refractivity contribution in [3.05, 3.63) is 64.2 Å². The number of nitro groups is 1. The number of hydrogen-bond donors (Lipinski definition) is 1. The van der Waals surface area contributed by atoms with Crippen molar-refractivity contribution in [3.8, 4) is 11.3 Å². The largest absolute Gasteiger partial charge is 0.355 e. The number of aryl methyl sites for hydroxylation is 1. The standard InChI is InChI=1S/C15H12N2O2/c1-10-2-4-11(5-3-10)15-9-12-8-13(17(18)19)6-7-14(12)16-15/h2-9,16H,1H3. The van der Waals surface area contributed by atoms with Crippen molar-refractivity contribution in [1.82, 2.24) is 4.98 Å². The Kier molecular flexibility index (Phi) is 2.56. The Morgan fingerprint density at radius 1 is 1.05 bits per heavy atom. The van der Waals surface area contributed by atoms with Crippen LogP contribution in [0.1, 0.15) is 5.56 Å². The zero-order valence-electron chi connectivity index (χ0n) is 10.4. The number of benzene rings is 2. The van der Waals surface area contributed by atoms with E-state index < -0.39 is 0 Å². The molecule has 4 heteroatoms. The number of hydrogen-bond acceptors (Lipinski definition) is 2. The minimum absolute atomic E-state index is 0.113. The molecule has 3 rings (SSSR count). The van der Waals surface area contributed by atoms with Gasteiger partial charge >= 0.3 is 0 Å². The zero-order valence-corrected chi connectivity index (χ0v) is 10.4. The van der Waals surface area contributed by atoms with Gasteiger partial charge in [0.05, 0.1) is 4.92 Å². The second kappa shape index (κ2) is 4.24. The molecule has 1 heterocycles. The molecule has 0 fully saturated rings. The number of aromatic nitrogens is 1. The lowest BCUT2D eigenvalue weighted by molar-refractivity contribution is -0.384. The molecule has 0 spiro atoms. The van der Waals surface area contributed by atoms with Gasteiger partial charge in [0.15, 0.2) is 0 Å². The van der Waals surface area contributed by atoms with Crippen molar-refractivity contribution < 1.29 is 4.92 Å². The van der Waals surface area contributed by atoms with Gasteiger partial charge in [0.1, 0.15) is 0 Å². The highest BCUT2D eigenvalue weighted by Gasteiger charge is 2.09. The van der Waals surface area contributed by atoms with E-state index in [2.05, 4.69) is 4.98 Å². The number of nitro benzene ring substituents is 1. The molecule has 0 saturated heterocycles. The average Bonchev–Trinajstić information content (AvgIpc) is 2.82. The van der Waals surface area contributed by atoms with E-state index in [0.717, 1.165) is 22.2 Å². The Balaban J connectivity index is 2.11. The zero-order chi connectivity index (χ0) is 13.4. The van der Waals surface area contributed by atoms with E-state index in [9.17, 15) is 10.1 Å². The third-order valence-corrected chi connectivity index (χ3v) is 3.18. The molecular formula is C15H12N2O2. The molecule has 3 aromatic rings. The molecule has 0 unspecified atom stereocenters. The first-order valence-corrected chi connectivity index (χ1v) is 5.98. The van der Waals surface area contributed by atoms with Crippen molar-refractivity contribution in [1.29, 1.82) is 0 Å². The number of H-pyrrole nitrogens is 1. The maximum atomic E-state index is 10.8. The first kappa shape index (κ1) is 11.5. The normalized spacial score (nSPS) is 10.8. The molecule has 0 aliphatic rings. The van der Waals surface area contributed by atoms with Gasteiger partial charge in [-0.25, -0.2) is 0 Å². The Morgan fingerprint density at radius 3 is 2.47 bits per heavy atom. The van der Waals surface area contributed by atoms with E-state index in [0.29, 0.717) is 0 Å². The summed E-state index contributed by atoms with van der Waals surface area (Å²) in [6.07, 6.45) is 0. The molecule has 1 N–H and O–H groups in total. The smallest absolute Gasteiger partial charge is 0.270 e. The number of non-ortho nitro benzene ring substituents is 1. The van der Waals surface area contributed by atoms with E-state index in [4.69, 9.17) is 0 Å². The Hall–Kier alpha value is -2.62. The van der Waals surface area contributed by atoms with Crippen LogP contribution in [0.2, 0.25) is 0 Å². The topological polar surface area (TPSA) is 58.9 Å². The molecule has 0 atom stereocenters. The summed E-state index contributed by atoms with van der Waals surface area (Å²) in [6, 6.07) is 14.9. The van der Waals surface area contributed by atoms with Gasteiger partial charge in [0, 0.05) is 28.7 Å². The van der Waals surface area contributed by atoms with Crippen LogP contribution in [0.15, 0.2) is 48.5 Å². The van der Waals surface area contributed by atoms with Crippen molar-refractivity contribution in [2.75, 3.05) is 0 Å². The van der Waals surface area contributed by atoms with Crippen LogP contribution in [0.4, 0.5) is 5.69 Å². The number of nitrogens with zero attached hydrogens (tertiary/aromatic N) is 1. The predicted molar refractivity (Wildman–Crippen MR) is 75.1 cm³/mol. The van der Waals surface area contributed by atoms with Crippen LogP contribution in [-0.2, 0) is 0 Å². The molecule has 0 aliphatic carbocycles. The van der Waals surface area contributed by atoms with Crippen LogP contribution >= 0.6 is 0 Å². The van der Waals surface area contributed by atoms with E-state index in [-0.39, 0.29) is 10.6 Å². The molecule has 0 bridgehead atoms. The first-order chi connectivity index (χ1) is 9.13. The van der Waals surface area contributed by atoms with Crippen LogP contribution < -0.4 is 0 Å². The van der Waals surface area contributed by atoms with E-state index in [1.54, 1.807) is 12.1 Å². The van der Waals surface area contributed by atoms with Crippen LogP contribution in [0, 0.1) is 17.0 Å². The van der Waals surface area contributed by atoms with Crippen molar-refractivity contribution >= 4 is 16.6 Å². The summed E-state index contributed by atoms with van der Waals surface area (Å²) in [5.74, 6) is 0. The highest BCUT2D eigenvalue weighted by atomic mass is 16.6. The van der Waals surface area contributed by atoms with Crippen molar-refractivity contribution in [3.63, 3.8) is 0 Å². The summed E-state index contributed by atoms with van der Waals surface area (Å²) < 4.78 is 0. The molecule has 0 radical (unpaired) electrons. The highest BCUT2D eigenvalue weighted by Crippen LogP contribution is 2.27. The fourth-order valence-corrected chi connectivity index (χ4v) is 2.12. The lowest BCUT2D eigenvalue weighted by atomic mass is 10.1. The number of nitrogens with one attached hydrogen (secondary N) is 1. The second-order valence-corrected chi connectivity index (χ2v) is 4.58. The molecule has 19 heavy (non-hydrogen) atoms. The SMILES string of the molecule is Cc1ccc(-c2cc3cc([N+](=O)[O-])ccc3[nH]2)cc1. The molecule has 1 aromatic heterocycles. The van der Waals surface area contributed by atoms with Gasteiger partial charge in [-0.1, -0.05) is 29.8 Å². The fourth-order valence-electron chi connectivity index (χ4n) is 2.12. The maximum Gasteiger partial charge on any atom is 0.270 e. The molecular weight excluding hydrogens is 240 g/mol. The van der Waals surface area contributed by atoms with Crippen LogP contribution in [0.3, 0.4) is 0 Å². The van der Waals surface area contributed by atoms with E-state index in [1.807, 2.05) is 37.3 Å². The van der Waals surface area contributed by atoms with Crippen molar-refractivity contribution in [2.24, 2.45) is 0 Å². The average molecular weight is 252 g/mol. The second-order valence-electron chi connectivity index (χ2n) is 4.58. The fraction of sp³-hybridized carbons (Fsp3) is 0.0667. The van der Waals surface area contributed by atoms with Crippen LogP contribution in [-0.4, -0.2) is 9.91 Å². The third kappa shape index (κ3) is 2.08. The number of rotatable bonds is 2. The summed E-state index contributed by atoms with van der Waals surface area (Å²) >= 11 is 0. The summed E-state index contributed by atoms with van der Waals surface area (Å²) in [5.41, 5.74) is 4.26. The molecule has 2 aromatic carbocycles. The van der Waals surface area contributed by atoms with Gasteiger partial charge in [-0.05, 0) is 24.6 Å². The van der Waals surface area contributed by atoms with Crippen LogP contribution in [0.5, 0.6) is 0 Å². The maximum absolute atomic E-state index is 10.8. The summed E-state index contributed by atoms with van der Waals surface area (Å²) in [4.78, 5) is 13.7. The summed E-state index contributed by atoms with van der Waals surface area (Å²) in [5, 5.41) is 11.6. The minimum atomic E-state index is -0.377. The predicted octanol–water partition coefficient (Wildman–Crippen LogP) is 4.05. The van der Waals surface area contributed by atoms with Gasteiger partial charge in [-0.3, -0.25) is 10.1 Å². The van der Waals surface area contributed by atoms with E-state index in [1.165, 1.54) is 11.6 Å². The lowest BCUT2D eigenvalue weighted by Crippen LogP contribution is -1.86. The quantitative estimate of drug-likeness (QED) is 0.552. The summed E-state index contributed by atoms with van der Waals surface area (Å²) in [6.45, 7) is 2.04. The highest BCUT2D eigenvalue weighted by molar-refractivity contribution is 5.87. The molecule has 0 amide bonds. The van der Waals surface area contributed by atoms with Crippen molar-refractivity contribution in [2.45, 2.75) is 6.92 Å². The first-order valence-electron chi connectivity index (χ1n) is 5.98. The van der Waals surface area contributed by atoms with Gasteiger partial charge in [0.25, 0.3) is 5.69 Å².